The maximum absolute atomic E-state index is 11.8. The van der Waals surface area contributed by atoms with E-state index in [-0.39, 0.29) is 24.7 Å². The number of amides is 1. The molecule has 0 atom stereocenters. The summed E-state index contributed by atoms with van der Waals surface area (Å²) in [5, 5.41) is 8.17. The highest BCUT2D eigenvalue weighted by atomic mass is 16.5. The predicted octanol–water partition coefficient (Wildman–Crippen LogP) is 5.11. The lowest BCUT2D eigenvalue weighted by atomic mass is 10.1. The van der Waals surface area contributed by atoms with Gasteiger partial charge in [0, 0.05) is 29.1 Å². The molecule has 1 aromatic heterocycles. The Kier molecular flexibility index (Phi) is 6.31. The summed E-state index contributed by atoms with van der Waals surface area (Å²) in [6.07, 6.45) is -0.272. The van der Waals surface area contributed by atoms with Crippen LogP contribution in [-0.4, -0.2) is 22.6 Å². The highest BCUT2D eigenvalue weighted by Crippen LogP contribution is 2.34. The first-order valence-corrected chi connectivity index (χ1v) is 10.5. The Labute approximate surface area is 190 Å². The standard InChI is InChI=1S/C26H23N3O4/c1-16(30)11-25(32)33-15-18-12-19(27-17(2)31)14-20(13-18)28-26-21-7-3-5-9-23(21)29-24-10-6-4-8-22(24)26/h3-10,12-14H,11,15H2,1-2H3,(H,27,31)(H,28,29). The maximum atomic E-state index is 11.8. The molecule has 1 amide bonds. The summed E-state index contributed by atoms with van der Waals surface area (Å²) >= 11 is 0. The molecule has 0 unspecified atom stereocenters. The number of nitrogens with zero attached hydrogens (tertiary/aromatic N) is 1. The van der Waals surface area contributed by atoms with E-state index >= 15 is 0 Å². The molecule has 3 aromatic carbocycles. The Bertz CT molecular complexity index is 1330. The van der Waals surface area contributed by atoms with Crippen molar-refractivity contribution in [1.82, 2.24) is 4.98 Å². The van der Waals surface area contributed by atoms with Crippen LogP contribution in [0.15, 0.2) is 66.7 Å². The summed E-state index contributed by atoms with van der Waals surface area (Å²) in [5.41, 5.74) is 4.54. The number of benzene rings is 3. The van der Waals surface area contributed by atoms with Gasteiger partial charge in [0.15, 0.2) is 0 Å². The van der Waals surface area contributed by atoms with Crippen LogP contribution in [0.3, 0.4) is 0 Å². The molecule has 0 radical (unpaired) electrons. The van der Waals surface area contributed by atoms with Crippen molar-refractivity contribution in [3.05, 3.63) is 72.3 Å². The van der Waals surface area contributed by atoms with Crippen LogP contribution in [0, 0.1) is 0 Å². The smallest absolute Gasteiger partial charge is 0.313 e. The second-order valence-corrected chi connectivity index (χ2v) is 7.79. The zero-order chi connectivity index (χ0) is 23.4. The molecule has 7 heteroatoms. The molecule has 166 valence electrons. The van der Waals surface area contributed by atoms with Gasteiger partial charge < -0.3 is 15.4 Å². The topological polar surface area (TPSA) is 97.4 Å². The van der Waals surface area contributed by atoms with Crippen LogP contribution in [0.1, 0.15) is 25.8 Å². The van der Waals surface area contributed by atoms with Crippen LogP contribution < -0.4 is 10.6 Å². The van der Waals surface area contributed by atoms with Crippen molar-refractivity contribution in [2.45, 2.75) is 26.9 Å². The van der Waals surface area contributed by atoms with E-state index in [0.717, 1.165) is 27.5 Å². The van der Waals surface area contributed by atoms with Gasteiger partial charge in [-0.1, -0.05) is 36.4 Å². The average Bonchev–Trinajstić information content (AvgIpc) is 2.76. The number of Topliss-reactive ketones (excluding diaryl/α,β-unsaturated/α-hetero) is 1. The van der Waals surface area contributed by atoms with Crippen LogP contribution in [0.2, 0.25) is 0 Å². The fraction of sp³-hybridized carbons (Fsp3) is 0.154. The summed E-state index contributed by atoms with van der Waals surface area (Å²) < 4.78 is 5.23. The van der Waals surface area contributed by atoms with Crippen LogP contribution >= 0.6 is 0 Å². The fourth-order valence-corrected chi connectivity index (χ4v) is 3.66. The first-order valence-electron chi connectivity index (χ1n) is 10.5. The van der Waals surface area contributed by atoms with E-state index in [0.29, 0.717) is 16.9 Å². The molecular weight excluding hydrogens is 418 g/mol. The summed E-state index contributed by atoms with van der Waals surface area (Å²) in [4.78, 5) is 39.4. The third kappa shape index (κ3) is 5.33. The summed E-state index contributed by atoms with van der Waals surface area (Å²) in [7, 11) is 0. The van der Waals surface area contributed by atoms with Crippen molar-refractivity contribution in [3.63, 3.8) is 0 Å². The quantitative estimate of drug-likeness (QED) is 0.235. The lowest BCUT2D eigenvalue weighted by Crippen LogP contribution is -2.10. The minimum atomic E-state index is -0.590. The second kappa shape index (κ2) is 9.48. The normalized spacial score (nSPS) is 10.7. The van der Waals surface area contributed by atoms with Gasteiger partial charge in [-0.2, -0.15) is 0 Å². The Morgan fingerprint density at radius 3 is 2.06 bits per heavy atom. The number of esters is 1. The minimum Gasteiger partial charge on any atom is -0.460 e. The summed E-state index contributed by atoms with van der Waals surface area (Å²) in [5.74, 6) is -1.06. The highest BCUT2D eigenvalue weighted by molar-refractivity contribution is 6.08. The van der Waals surface area contributed by atoms with Crippen LogP contribution in [0.5, 0.6) is 0 Å². The molecule has 0 fully saturated rings. The lowest BCUT2D eigenvalue weighted by Gasteiger charge is -2.16. The summed E-state index contributed by atoms with van der Waals surface area (Å²) in [6.45, 7) is 2.74. The van der Waals surface area contributed by atoms with Gasteiger partial charge in [-0.3, -0.25) is 14.4 Å². The van der Waals surface area contributed by atoms with Gasteiger partial charge in [0.1, 0.15) is 18.8 Å². The van der Waals surface area contributed by atoms with Crippen molar-refractivity contribution < 1.29 is 19.1 Å². The van der Waals surface area contributed by atoms with Crippen molar-refractivity contribution in [3.8, 4) is 0 Å². The SMILES string of the molecule is CC(=O)CC(=O)OCc1cc(NC(C)=O)cc(Nc2c3ccccc3nc3ccccc23)c1. The van der Waals surface area contributed by atoms with Crippen LogP contribution in [0.4, 0.5) is 17.1 Å². The largest absolute Gasteiger partial charge is 0.460 e. The number of carbonyl (C=O) groups is 3. The molecule has 0 aliphatic heterocycles. The van der Waals surface area contributed by atoms with E-state index in [9.17, 15) is 14.4 Å². The van der Waals surface area contributed by atoms with E-state index in [1.807, 2.05) is 60.7 Å². The number of ether oxygens (including phenoxy) is 1. The monoisotopic (exact) mass is 441 g/mol. The van der Waals surface area contributed by atoms with E-state index in [1.54, 1.807) is 6.07 Å². The fourth-order valence-electron chi connectivity index (χ4n) is 3.66. The van der Waals surface area contributed by atoms with Gasteiger partial charge in [0.2, 0.25) is 5.91 Å². The third-order valence-electron chi connectivity index (χ3n) is 4.96. The Hall–Kier alpha value is -4.26. The molecule has 0 aliphatic carbocycles. The van der Waals surface area contributed by atoms with Gasteiger partial charge >= 0.3 is 5.97 Å². The highest BCUT2D eigenvalue weighted by Gasteiger charge is 2.12. The molecule has 0 spiro atoms. The molecule has 0 saturated carbocycles. The number of nitrogens with one attached hydrogen (secondary N) is 2. The van der Waals surface area contributed by atoms with Gasteiger partial charge in [0.05, 0.1) is 16.7 Å². The molecule has 1 heterocycles. The molecule has 33 heavy (non-hydrogen) atoms. The molecular formula is C26H23N3O4. The Balaban J connectivity index is 1.74. The molecule has 0 bridgehead atoms. The number of hydrogen-bond donors (Lipinski definition) is 2. The number of rotatable bonds is 7. The predicted molar refractivity (Wildman–Crippen MR) is 128 cm³/mol. The number of anilines is 3. The number of fused-ring (bicyclic) bond motifs is 2. The second-order valence-electron chi connectivity index (χ2n) is 7.79. The average molecular weight is 441 g/mol. The van der Waals surface area contributed by atoms with E-state index in [2.05, 4.69) is 10.6 Å². The number of pyridine rings is 1. The zero-order valence-electron chi connectivity index (χ0n) is 18.3. The van der Waals surface area contributed by atoms with E-state index in [1.165, 1.54) is 13.8 Å². The first kappa shape index (κ1) is 22.0. The van der Waals surface area contributed by atoms with E-state index in [4.69, 9.17) is 9.72 Å². The maximum Gasteiger partial charge on any atom is 0.313 e. The number of ketones is 1. The summed E-state index contributed by atoms with van der Waals surface area (Å²) in [6, 6.07) is 21.1. The Morgan fingerprint density at radius 2 is 1.45 bits per heavy atom. The van der Waals surface area contributed by atoms with Crippen molar-refractivity contribution in [2.24, 2.45) is 0 Å². The van der Waals surface area contributed by atoms with Gasteiger partial charge in [-0.15, -0.1) is 0 Å². The van der Waals surface area contributed by atoms with Crippen molar-refractivity contribution in [2.75, 3.05) is 10.6 Å². The van der Waals surface area contributed by atoms with E-state index < -0.39 is 5.97 Å². The molecule has 2 N–H and O–H groups in total. The minimum absolute atomic E-state index is 0.0218. The molecule has 0 saturated heterocycles. The van der Waals surface area contributed by atoms with Crippen LogP contribution in [-0.2, 0) is 25.7 Å². The molecule has 4 rings (SSSR count). The lowest BCUT2D eigenvalue weighted by molar-refractivity contribution is -0.146. The number of hydrogen-bond acceptors (Lipinski definition) is 6. The van der Waals surface area contributed by atoms with Crippen molar-refractivity contribution >= 4 is 56.5 Å². The third-order valence-corrected chi connectivity index (χ3v) is 4.96. The van der Waals surface area contributed by atoms with Gasteiger partial charge in [0.25, 0.3) is 0 Å². The van der Waals surface area contributed by atoms with Crippen LogP contribution in [0.25, 0.3) is 21.8 Å². The number of aromatic nitrogens is 1. The first-order chi connectivity index (χ1) is 15.9. The number of para-hydroxylation sites is 2. The number of carbonyl (C=O) groups excluding carboxylic acids is 3. The van der Waals surface area contributed by atoms with Gasteiger partial charge in [-0.25, -0.2) is 4.98 Å². The molecule has 0 aliphatic rings. The zero-order valence-corrected chi connectivity index (χ0v) is 18.3. The molecule has 4 aromatic rings. The van der Waals surface area contributed by atoms with Gasteiger partial charge in [-0.05, 0) is 42.8 Å². The Morgan fingerprint density at radius 1 is 0.848 bits per heavy atom. The van der Waals surface area contributed by atoms with Crippen molar-refractivity contribution in [1.29, 1.82) is 0 Å². The molecule has 7 nitrogen and oxygen atoms in total.